The van der Waals surface area contributed by atoms with Gasteiger partial charge in [0.1, 0.15) is 11.4 Å². The van der Waals surface area contributed by atoms with E-state index in [4.69, 9.17) is 9.84 Å². The number of aliphatic carboxylic acids is 2. The Morgan fingerprint density at radius 2 is 1.91 bits per heavy atom. The third-order valence-electron chi connectivity index (χ3n) is 6.61. The van der Waals surface area contributed by atoms with Crippen LogP contribution in [-0.4, -0.2) is 39.3 Å². The van der Waals surface area contributed by atoms with Gasteiger partial charge in [-0.3, -0.25) is 4.98 Å². The molecule has 2 heterocycles. The van der Waals surface area contributed by atoms with Crippen molar-refractivity contribution in [2.75, 3.05) is 6.54 Å². The van der Waals surface area contributed by atoms with Crippen LogP contribution in [0.15, 0.2) is 72.4 Å². The van der Waals surface area contributed by atoms with Crippen molar-refractivity contribution < 1.29 is 24.5 Å². The molecule has 1 aromatic heterocycles. The van der Waals surface area contributed by atoms with Gasteiger partial charge in [0.05, 0.1) is 5.52 Å². The molecule has 0 amide bonds. The standard InChI is InChI=1S/C27H28N2O5/c1-17-25(29-12-10-18-7-4-3-5-8-18)21-15-22-19(9-6-11-28-22)13-23(21)34-27(17,2)16-20(26(32)33)14-24(30)31/h3-9,11,13-15,17,25,29H,10,12,16H2,1-2H3,(H,30,31)(H,32,33)/b20-14-/t17-,25-,27?/m1/s1. The second kappa shape index (κ2) is 9.65. The Labute approximate surface area is 198 Å². The van der Waals surface area contributed by atoms with E-state index in [-0.39, 0.29) is 24.0 Å². The van der Waals surface area contributed by atoms with Crippen molar-refractivity contribution in [2.45, 2.75) is 38.3 Å². The molecule has 2 aromatic carbocycles. The smallest absolute Gasteiger partial charge is 0.331 e. The molecule has 34 heavy (non-hydrogen) atoms. The Kier molecular flexibility index (Phi) is 6.65. The van der Waals surface area contributed by atoms with E-state index in [1.807, 2.05) is 56.3 Å². The van der Waals surface area contributed by atoms with E-state index in [9.17, 15) is 14.7 Å². The number of rotatable bonds is 8. The van der Waals surface area contributed by atoms with Gasteiger partial charge in [-0.05, 0) is 43.7 Å². The summed E-state index contributed by atoms with van der Waals surface area (Å²) >= 11 is 0. The largest absolute Gasteiger partial charge is 0.486 e. The highest BCUT2D eigenvalue weighted by Crippen LogP contribution is 2.47. The van der Waals surface area contributed by atoms with Crippen LogP contribution in [0.25, 0.3) is 10.9 Å². The number of nitrogens with zero attached hydrogens (tertiary/aromatic N) is 1. The first-order valence-corrected chi connectivity index (χ1v) is 11.3. The zero-order valence-corrected chi connectivity index (χ0v) is 19.2. The summed E-state index contributed by atoms with van der Waals surface area (Å²) in [7, 11) is 0. The molecular weight excluding hydrogens is 432 g/mol. The number of fused-ring (bicyclic) bond motifs is 2. The van der Waals surface area contributed by atoms with Crippen LogP contribution >= 0.6 is 0 Å². The van der Waals surface area contributed by atoms with Crippen molar-refractivity contribution in [3.05, 3.63) is 83.6 Å². The van der Waals surface area contributed by atoms with Gasteiger partial charge in [0.25, 0.3) is 0 Å². The molecule has 0 saturated heterocycles. The van der Waals surface area contributed by atoms with Crippen LogP contribution in [0.3, 0.4) is 0 Å². The number of hydrogen-bond donors (Lipinski definition) is 3. The van der Waals surface area contributed by atoms with E-state index >= 15 is 0 Å². The molecule has 0 saturated carbocycles. The summed E-state index contributed by atoms with van der Waals surface area (Å²) in [5.41, 5.74) is 1.90. The molecule has 0 fully saturated rings. The van der Waals surface area contributed by atoms with Gasteiger partial charge in [0, 0.05) is 47.2 Å². The minimum Gasteiger partial charge on any atom is -0.486 e. The van der Waals surface area contributed by atoms with Gasteiger partial charge < -0.3 is 20.3 Å². The molecule has 1 unspecified atom stereocenters. The molecule has 0 aliphatic carbocycles. The molecule has 0 spiro atoms. The van der Waals surface area contributed by atoms with Gasteiger partial charge in [-0.2, -0.15) is 0 Å². The fraction of sp³-hybridized carbons (Fsp3) is 0.296. The topological polar surface area (TPSA) is 109 Å². The number of hydrogen-bond acceptors (Lipinski definition) is 5. The molecule has 7 heteroatoms. The van der Waals surface area contributed by atoms with E-state index in [0.717, 1.165) is 29.0 Å². The fourth-order valence-corrected chi connectivity index (χ4v) is 4.63. The lowest BCUT2D eigenvalue weighted by Crippen LogP contribution is -2.50. The molecule has 0 radical (unpaired) electrons. The summed E-state index contributed by atoms with van der Waals surface area (Å²) in [4.78, 5) is 27.5. The van der Waals surface area contributed by atoms with Crippen LogP contribution in [0, 0.1) is 5.92 Å². The SMILES string of the molecule is C[C@@H]1[C@@H](NCCc2ccccc2)c2cc3ncccc3cc2OC1(C)C/C(=C/C(=O)O)C(=O)O. The van der Waals surface area contributed by atoms with Gasteiger partial charge in [0.2, 0.25) is 0 Å². The maximum atomic E-state index is 11.8. The van der Waals surface area contributed by atoms with Crippen molar-refractivity contribution >= 4 is 22.8 Å². The Balaban J connectivity index is 1.70. The van der Waals surface area contributed by atoms with Crippen molar-refractivity contribution in [3.8, 4) is 5.75 Å². The number of carboxylic acids is 2. The lowest BCUT2D eigenvalue weighted by atomic mass is 9.75. The summed E-state index contributed by atoms with van der Waals surface area (Å²) in [6.45, 7) is 4.57. The number of carboxylic acid groups (broad SMARTS) is 2. The van der Waals surface area contributed by atoms with Crippen LogP contribution in [0.4, 0.5) is 0 Å². The summed E-state index contributed by atoms with van der Waals surface area (Å²) in [6.07, 6.45) is 3.29. The number of pyridine rings is 1. The maximum absolute atomic E-state index is 11.8. The minimum absolute atomic E-state index is 0.0445. The van der Waals surface area contributed by atoms with Crippen molar-refractivity contribution in [2.24, 2.45) is 5.92 Å². The Morgan fingerprint density at radius 1 is 1.15 bits per heavy atom. The second-order valence-electron chi connectivity index (χ2n) is 8.95. The van der Waals surface area contributed by atoms with Crippen LogP contribution < -0.4 is 10.1 Å². The molecule has 1 aliphatic heterocycles. The molecule has 4 rings (SSSR count). The molecule has 0 bridgehead atoms. The number of ether oxygens (including phenoxy) is 1. The first-order chi connectivity index (χ1) is 16.3. The third-order valence-corrected chi connectivity index (χ3v) is 6.61. The quantitative estimate of drug-likeness (QED) is 0.428. The van der Waals surface area contributed by atoms with Crippen LogP contribution in [0.5, 0.6) is 5.75 Å². The van der Waals surface area contributed by atoms with Gasteiger partial charge in [-0.25, -0.2) is 9.59 Å². The highest BCUT2D eigenvalue weighted by atomic mass is 16.5. The van der Waals surface area contributed by atoms with Crippen molar-refractivity contribution in [1.82, 2.24) is 10.3 Å². The van der Waals surface area contributed by atoms with E-state index < -0.39 is 17.5 Å². The third kappa shape index (κ3) is 4.94. The zero-order chi connectivity index (χ0) is 24.3. The second-order valence-corrected chi connectivity index (χ2v) is 8.95. The highest BCUT2D eigenvalue weighted by molar-refractivity contribution is 5.94. The predicted molar refractivity (Wildman–Crippen MR) is 129 cm³/mol. The van der Waals surface area contributed by atoms with Crippen LogP contribution in [-0.2, 0) is 16.0 Å². The molecular formula is C27H28N2O5. The van der Waals surface area contributed by atoms with Gasteiger partial charge in [-0.1, -0.05) is 43.3 Å². The van der Waals surface area contributed by atoms with E-state index in [1.165, 1.54) is 5.56 Å². The molecule has 176 valence electrons. The molecule has 3 atom stereocenters. The summed E-state index contributed by atoms with van der Waals surface area (Å²) in [6, 6.07) is 17.8. The molecule has 3 aromatic rings. The number of nitrogens with one attached hydrogen (secondary N) is 1. The van der Waals surface area contributed by atoms with Crippen molar-refractivity contribution in [3.63, 3.8) is 0 Å². The average molecular weight is 461 g/mol. The molecule has 1 aliphatic rings. The van der Waals surface area contributed by atoms with Crippen LogP contribution in [0.1, 0.15) is 37.4 Å². The van der Waals surface area contributed by atoms with E-state index in [1.54, 1.807) is 6.20 Å². The maximum Gasteiger partial charge on any atom is 0.331 e. The van der Waals surface area contributed by atoms with Crippen LogP contribution in [0.2, 0.25) is 0 Å². The first kappa shape index (κ1) is 23.4. The summed E-state index contributed by atoms with van der Waals surface area (Å²) in [5, 5.41) is 23.3. The first-order valence-electron chi connectivity index (χ1n) is 11.3. The zero-order valence-electron chi connectivity index (χ0n) is 19.2. The van der Waals surface area contributed by atoms with Gasteiger partial charge >= 0.3 is 11.9 Å². The lowest BCUT2D eigenvalue weighted by Gasteiger charge is -2.46. The molecule has 7 nitrogen and oxygen atoms in total. The Hall–Kier alpha value is -3.71. The minimum atomic E-state index is -1.29. The molecule has 3 N–H and O–H groups in total. The summed E-state index contributed by atoms with van der Waals surface area (Å²) in [5.74, 6) is -2.06. The van der Waals surface area contributed by atoms with E-state index in [0.29, 0.717) is 12.3 Å². The van der Waals surface area contributed by atoms with Crippen molar-refractivity contribution in [1.29, 1.82) is 0 Å². The average Bonchev–Trinajstić information content (AvgIpc) is 2.80. The predicted octanol–water partition coefficient (Wildman–Crippen LogP) is 4.38. The fourth-order valence-electron chi connectivity index (χ4n) is 4.63. The van der Waals surface area contributed by atoms with Gasteiger partial charge in [0.15, 0.2) is 0 Å². The Bertz CT molecular complexity index is 1240. The van der Waals surface area contributed by atoms with Gasteiger partial charge in [-0.15, -0.1) is 0 Å². The lowest BCUT2D eigenvalue weighted by molar-refractivity contribution is -0.135. The van der Waals surface area contributed by atoms with E-state index in [2.05, 4.69) is 22.4 Å². The Morgan fingerprint density at radius 3 is 2.62 bits per heavy atom. The normalized spacial score (nSPS) is 22.1. The number of benzene rings is 2. The highest BCUT2D eigenvalue weighted by Gasteiger charge is 2.45. The monoisotopic (exact) mass is 460 g/mol. The number of aromatic nitrogens is 1. The summed E-state index contributed by atoms with van der Waals surface area (Å²) < 4.78 is 6.43. The number of carbonyl (C=O) groups is 2.